The second kappa shape index (κ2) is 18.2. The van der Waals surface area contributed by atoms with Crippen LogP contribution in [0.5, 0.6) is 0 Å². The maximum atomic E-state index is 4.98. The van der Waals surface area contributed by atoms with Gasteiger partial charge in [0.15, 0.2) is 0 Å². The Hall–Kier alpha value is -1.09. The van der Waals surface area contributed by atoms with Gasteiger partial charge >= 0.3 is 0 Å². The van der Waals surface area contributed by atoms with Crippen LogP contribution in [-0.4, -0.2) is 39.1 Å². The zero-order chi connectivity index (χ0) is 23.0. The summed E-state index contributed by atoms with van der Waals surface area (Å²) < 4.78 is 2.43. The molecule has 2 nitrogen and oxygen atoms in total. The first kappa shape index (κ1) is 29.1. The molecule has 0 aliphatic heterocycles. The molecule has 0 atom stereocenters. The van der Waals surface area contributed by atoms with Crippen LogP contribution in [0.4, 0.5) is 0 Å². The Bertz CT molecular complexity index is 887. The fourth-order valence-electron chi connectivity index (χ4n) is 4.91. The summed E-state index contributed by atoms with van der Waals surface area (Å²) in [5, 5.41) is 0. The molecule has 1 radical (unpaired) electrons. The molecule has 1 heterocycles. The Morgan fingerprint density at radius 3 is 1.68 bits per heavy atom. The van der Waals surface area contributed by atoms with Crippen LogP contribution in [0.25, 0.3) is 11.0 Å². The molecule has 0 unspecified atom stereocenters. The molecule has 3 heteroatoms. The van der Waals surface area contributed by atoms with Crippen LogP contribution >= 0.6 is 0 Å². The third-order valence-corrected chi connectivity index (χ3v) is 6.92. The molecule has 34 heavy (non-hydrogen) atoms. The van der Waals surface area contributed by atoms with Gasteiger partial charge in [0.05, 0.1) is 11.0 Å². The van der Waals surface area contributed by atoms with Gasteiger partial charge in [0.25, 0.3) is 0 Å². The molecule has 0 aliphatic carbocycles. The minimum atomic E-state index is 0. The molecule has 0 amide bonds. The second-order valence-electron chi connectivity index (χ2n) is 9.79. The third-order valence-electron chi connectivity index (χ3n) is 6.92. The van der Waals surface area contributed by atoms with Crippen molar-refractivity contribution in [1.82, 2.24) is 9.55 Å². The van der Waals surface area contributed by atoms with Crippen LogP contribution in [0.15, 0.2) is 54.6 Å². The van der Waals surface area contributed by atoms with Crippen molar-refractivity contribution in [3.8, 4) is 0 Å². The van der Waals surface area contributed by atoms with Gasteiger partial charge in [-0.05, 0) is 24.1 Å². The predicted molar refractivity (Wildman–Crippen MR) is 150 cm³/mol. The number of benzene rings is 2. The number of nitrogens with zero attached hydrogens (tertiary/aromatic N) is 2. The van der Waals surface area contributed by atoms with Crippen LogP contribution in [0.2, 0.25) is 0 Å². The SMILES string of the molecule is CCCCCCCCCCCCCCCCCc1nc2ccccc2n1Cc1ccccc1.[Na]. The molecule has 181 valence electrons. The summed E-state index contributed by atoms with van der Waals surface area (Å²) in [5.41, 5.74) is 3.74. The van der Waals surface area contributed by atoms with Gasteiger partial charge in [-0.3, -0.25) is 0 Å². The maximum absolute atomic E-state index is 4.98. The van der Waals surface area contributed by atoms with Crippen LogP contribution in [0, 0.1) is 0 Å². The number of rotatable bonds is 18. The van der Waals surface area contributed by atoms with Gasteiger partial charge in [-0.1, -0.05) is 139 Å². The summed E-state index contributed by atoms with van der Waals surface area (Å²) in [6.07, 6.45) is 22.2. The summed E-state index contributed by atoms with van der Waals surface area (Å²) in [4.78, 5) is 4.98. The predicted octanol–water partition coefficient (Wildman–Crippen LogP) is 9.12. The first-order valence-electron chi connectivity index (χ1n) is 13.9. The van der Waals surface area contributed by atoms with Gasteiger partial charge in [0, 0.05) is 42.5 Å². The molecule has 3 aromatic rings. The van der Waals surface area contributed by atoms with Crippen LogP contribution in [-0.2, 0) is 13.0 Å². The average molecular weight is 470 g/mol. The molecule has 0 N–H and O–H groups in total. The third kappa shape index (κ3) is 10.7. The fraction of sp³-hybridized carbons (Fsp3) is 0.581. The summed E-state index contributed by atoms with van der Waals surface area (Å²) in [6, 6.07) is 19.4. The van der Waals surface area contributed by atoms with Crippen molar-refractivity contribution in [2.75, 3.05) is 0 Å². The van der Waals surface area contributed by atoms with Crippen molar-refractivity contribution >= 4 is 40.6 Å². The number of imidazole rings is 1. The van der Waals surface area contributed by atoms with Gasteiger partial charge < -0.3 is 4.57 Å². The van der Waals surface area contributed by atoms with Crippen molar-refractivity contribution in [2.24, 2.45) is 0 Å². The normalized spacial score (nSPS) is 11.1. The number of aryl methyl sites for hydroxylation is 1. The number of hydrogen-bond donors (Lipinski definition) is 0. The van der Waals surface area contributed by atoms with Crippen LogP contribution in [0.1, 0.15) is 115 Å². The first-order chi connectivity index (χ1) is 16.4. The van der Waals surface area contributed by atoms with Crippen LogP contribution in [0.3, 0.4) is 0 Å². The van der Waals surface area contributed by atoms with Gasteiger partial charge in [0.1, 0.15) is 5.82 Å². The molecule has 3 rings (SSSR count). The van der Waals surface area contributed by atoms with E-state index < -0.39 is 0 Å². The summed E-state index contributed by atoms with van der Waals surface area (Å²) in [5.74, 6) is 1.25. The Morgan fingerprint density at radius 2 is 1.09 bits per heavy atom. The van der Waals surface area contributed by atoms with E-state index in [9.17, 15) is 0 Å². The van der Waals surface area contributed by atoms with E-state index in [4.69, 9.17) is 4.98 Å². The summed E-state index contributed by atoms with van der Waals surface area (Å²) in [6.45, 7) is 3.21. The standard InChI is InChI=1S/C31H46N2.Na/c1-2-3-4-5-6-7-8-9-10-11-12-13-14-15-19-26-31-32-29-24-20-21-25-30(29)33(31)27-28-22-17-16-18-23-28;/h16-18,20-25H,2-15,19,26-27H2,1H3;. The van der Waals surface area contributed by atoms with E-state index >= 15 is 0 Å². The van der Waals surface area contributed by atoms with E-state index in [1.807, 2.05) is 0 Å². The van der Waals surface area contributed by atoms with Gasteiger partial charge in [-0.2, -0.15) is 0 Å². The number of hydrogen-bond acceptors (Lipinski definition) is 1. The van der Waals surface area contributed by atoms with E-state index in [-0.39, 0.29) is 29.6 Å². The Kier molecular flexibility index (Phi) is 15.6. The number of para-hydroxylation sites is 2. The Labute approximate surface area is 231 Å². The zero-order valence-electron chi connectivity index (χ0n) is 22.1. The summed E-state index contributed by atoms with van der Waals surface area (Å²) >= 11 is 0. The van der Waals surface area contributed by atoms with Crippen molar-refractivity contribution in [3.63, 3.8) is 0 Å². The van der Waals surface area contributed by atoms with E-state index in [0.717, 1.165) is 18.5 Å². The van der Waals surface area contributed by atoms with Crippen molar-refractivity contribution in [3.05, 3.63) is 66.0 Å². The van der Waals surface area contributed by atoms with E-state index in [1.165, 1.54) is 113 Å². The van der Waals surface area contributed by atoms with Gasteiger partial charge in [-0.15, -0.1) is 0 Å². The quantitative estimate of drug-likeness (QED) is 0.134. The molecule has 0 bridgehead atoms. The smallest absolute Gasteiger partial charge is 0.110 e. The number of unbranched alkanes of at least 4 members (excludes halogenated alkanes) is 14. The molecular weight excluding hydrogens is 423 g/mol. The Morgan fingerprint density at radius 1 is 0.588 bits per heavy atom. The largest absolute Gasteiger partial charge is 0.323 e. The molecule has 0 aliphatic rings. The van der Waals surface area contributed by atoms with Crippen molar-refractivity contribution in [1.29, 1.82) is 0 Å². The number of fused-ring (bicyclic) bond motifs is 1. The number of aromatic nitrogens is 2. The topological polar surface area (TPSA) is 17.8 Å². The van der Waals surface area contributed by atoms with E-state index in [1.54, 1.807) is 0 Å². The minimum Gasteiger partial charge on any atom is -0.323 e. The van der Waals surface area contributed by atoms with E-state index in [2.05, 4.69) is 66.1 Å². The minimum absolute atomic E-state index is 0. The molecule has 0 saturated heterocycles. The average Bonchev–Trinajstić information content (AvgIpc) is 3.19. The maximum Gasteiger partial charge on any atom is 0.110 e. The molecule has 1 aromatic heterocycles. The Balaban J connectivity index is 0.00000408. The van der Waals surface area contributed by atoms with Crippen molar-refractivity contribution < 1.29 is 0 Å². The van der Waals surface area contributed by atoms with Crippen LogP contribution < -0.4 is 0 Å². The first-order valence-corrected chi connectivity index (χ1v) is 13.9. The van der Waals surface area contributed by atoms with Crippen molar-refractivity contribution in [2.45, 2.75) is 116 Å². The summed E-state index contributed by atoms with van der Waals surface area (Å²) in [7, 11) is 0. The molecule has 0 spiro atoms. The monoisotopic (exact) mass is 469 g/mol. The fourth-order valence-corrected chi connectivity index (χ4v) is 4.91. The molecule has 0 fully saturated rings. The van der Waals surface area contributed by atoms with Gasteiger partial charge in [-0.25, -0.2) is 4.98 Å². The zero-order valence-corrected chi connectivity index (χ0v) is 24.1. The van der Waals surface area contributed by atoms with E-state index in [0.29, 0.717) is 0 Å². The van der Waals surface area contributed by atoms with Gasteiger partial charge in [0.2, 0.25) is 0 Å². The second-order valence-corrected chi connectivity index (χ2v) is 9.79. The molecule has 2 aromatic carbocycles. The molecule has 0 saturated carbocycles. The molecular formula is C31H46N2Na.